The van der Waals surface area contributed by atoms with E-state index in [4.69, 9.17) is 0 Å². The second-order valence-corrected chi connectivity index (χ2v) is 7.50. The van der Waals surface area contributed by atoms with E-state index in [9.17, 15) is 4.79 Å². The lowest BCUT2D eigenvalue weighted by Crippen LogP contribution is -2.25. The largest absolute Gasteiger partial charge is 0.350 e. The van der Waals surface area contributed by atoms with Crippen molar-refractivity contribution in [2.24, 2.45) is 0 Å². The molecule has 0 spiro atoms. The number of nitrogens with one attached hydrogen (secondary N) is 1. The maximum atomic E-state index is 12.8. The molecule has 144 valence electrons. The SMILES string of the molecule is O=C(CC(c1ccccc1)c1ccccc1)NCc1nccnc1-c1ccsc1. The molecule has 0 fully saturated rings. The maximum Gasteiger partial charge on any atom is 0.221 e. The highest BCUT2D eigenvalue weighted by atomic mass is 32.1. The van der Waals surface area contributed by atoms with Gasteiger partial charge >= 0.3 is 0 Å². The van der Waals surface area contributed by atoms with E-state index >= 15 is 0 Å². The van der Waals surface area contributed by atoms with E-state index in [1.807, 2.05) is 53.2 Å². The number of nitrogens with zero attached hydrogens (tertiary/aromatic N) is 2. The third-order valence-electron chi connectivity index (χ3n) is 4.82. The zero-order chi connectivity index (χ0) is 19.9. The molecule has 0 aliphatic carbocycles. The van der Waals surface area contributed by atoms with Gasteiger partial charge in [-0.3, -0.25) is 14.8 Å². The highest BCUT2D eigenvalue weighted by Crippen LogP contribution is 2.28. The highest BCUT2D eigenvalue weighted by molar-refractivity contribution is 7.08. The number of rotatable bonds is 7. The Kier molecular flexibility index (Phi) is 6.07. The lowest BCUT2D eigenvalue weighted by molar-refractivity contribution is -0.121. The molecule has 2 aromatic carbocycles. The second-order valence-electron chi connectivity index (χ2n) is 6.72. The summed E-state index contributed by atoms with van der Waals surface area (Å²) in [5.74, 6) is 0.000213. The fourth-order valence-corrected chi connectivity index (χ4v) is 4.02. The molecule has 4 nitrogen and oxygen atoms in total. The molecule has 0 radical (unpaired) electrons. The molecular weight excluding hydrogens is 378 g/mol. The van der Waals surface area contributed by atoms with Crippen molar-refractivity contribution in [1.82, 2.24) is 15.3 Å². The summed E-state index contributed by atoms with van der Waals surface area (Å²) in [5, 5.41) is 7.08. The lowest BCUT2D eigenvalue weighted by Gasteiger charge is -2.18. The second kappa shape index (κ2) is 9.26. The Labute approximate surface area is 174 Å². The number of hydrogen-bond acceptors (Lipinski definition) is 4. The first-order valence-electron chi connectivity index (χ1n) is 9.50. The molecule has 1 amide bonds. The average molecular weight is 400 g/mol. The van der Waals surface area contributed by atoms with Gasteiger partial charge in [0.1, 0.15) is 0 Å². The number of benzene rings is 2. The number of carbonyl (C=O) groups is 1. The van der Waals surface area contributed by atoms with Gasteiger partial charge in [0.15, 0.2) is 0 Å². The molecule has 1 N–H and O–H groups in total. The molecular formula is C24H21N3OS. The van der Waals surface area contributed by atoms with Crippen LogP contribution in [0.5, 0.6) is 0 Å². The van der Waals surface area contributed by atoms with E-state index in [0.717, 1.165) is 28.1 Å². The molecule has 0 saturated carbocycles. The van der Waals surface area contributed by atoms with Crippen molar-refractivity contribution in [2.45, 2.75) is 18.9 Å². The Bertz CT molecular complexity index is 1010. The maximum absolute atomic E-state index is 12.8. The first kappa shape index (κ1) is 19.0. The van der Waals surface area contributed by atoms with Crippen LogP contribution >= 0.6 is 11.3 Å². The summed E-state index contributed by atoms with van der Waals surface area (Å²) in [6.45, 7) is 0.355. The Morgan fingerprint density at radius 1 is 0.897 bits per heavy atom. The van der Waals surface area contributed by atoms with E-state index in [1.165, 1.54) is 0 Å². The van der Waals surface area contributed by atoms with Crippen LogP contribution in [0.1, 0.15) is 29.2 Å². The van der Waals surface area contributed by atoms with E-state index < -0.39 is 0 Å². The average Bonchev–Trinajstić information content (AvgIpc) is 3.32. The van der Waals surface area contributed by atoms with Crippen molar-refractivity contribution < 1.29 is 4.79 Å². The molecule has 0 atom stereocenters. The number of carbonyl (C=O) groups excluding carboxylic acids is 1. The number of hydrogen-bond donors (Lipinski definition) is 1. The van der Waals surface area contributed by atoms with Crippen molar-refractivity contribution in [3.63, 3.8) is 0 Å². The molecule has 0 aliphatic heterocycles. The number of thiophene rings is 1. The van der Waals surface area contributed by atoms with Crippen molar-refractivity contribution in [2.75, 3.05) is 0 Å². The molecule has 2 aromatic heterocycles. The molecule has 4 rings (SSSR count). The Morgan fingerprint density at radius 3 is 2.17 bits per heavy atom. The molecule has 2 heterocycles. The molecule has 5 heteroatoms. The smallest absolute Gasteiger partial charge is 0.221 e. The van der Waals surface area contributed by atoms with Gasteiger partial charge < -0.3 is 5.32 Å². The minimum Gasteiger partial charge on any atom is -0.350 e. The van der Waals surface area contributed by atoms with Crippen LogP contribution in [0.15, 0.2) is 89.9 Å². The van der Waals surface area contributed by atoms with Crippen molar-refractivity contribution in [1.29, 1.82) is 0 Å². The van der Waals surface area contributed by atoms with Crippen LogP contribution in [-0.4, -0.2) is 15.9 Å². The van der Waals surface area contributed by atoms with Crippen LogP contribution in [0.4, 0.5) is 0 Å². The Hall–Kier alpha value is -3.31. The van der Waals surface area contributed by atoms with E-state index in [-0.39, 0.29) is 11.8 Å². The summed E-state index contributed by atoms with van der Waals surface area (Å²) in [4.78, 5) is 21.7. The van der Waals surface area contributed by atoms with Gasteiger partial charge in [0, 0.05) is 35.7 Å². The van der Waals surface area contributed by atoms with Gasteiger partial charge in [0.05, 0.1) is 17.9 Å². The van der Waals surface area contributed by atoms with Crippen molar-refractivity contribution in [3.8, 4) is 11.3 Å². The first-order valence-corrected chi connectivity index (χ1v) is 10.4. The fourth-order valence-electron chi connectivity index (χ4n) is 3.38. The lowest BCUT2D eigenvalue weighted by atomic mass is 9.88. The standard InChI is InChI=1S/C24H21N3OS/c28-23(27-16-22-24(26-13-12-25-22)20-11-14-29-17-20)15-21(18-7-3-1-4-8-18)19-9-5-2-6-10-19/h1-14,17,21H,15-16H2,(H,27,28). The minimum atomic E-state index is -0.00960. The predicted molar refractivity (Wildman–Crippen MR) is 117 cm³/mol. The number of aromatic nitrogens is 2. The van der Waals surface area contributed by atoms with Crippen LogP contribution in [0, 0.1) is 0 Å². The zero-order valence-corrected chi connectivity index (χ0v) is 16.7. The summed E-state index contributed by atoms with van der Waals surface area (Å²) >= 11 is 1.62. The summed E-state index contributed by atoms with van der Waals surface area (Å²) in [7, 11) is 0. The summed E-state index contributed by atoms with van der Waals surface area (Å²) in [6.07, 6.45) is 3.72. The first-order chi connectivity index (χ1) is 14.3. The van der Waals surface area contributed by atoms with Gasteiger partial charge in [-0.1, -0.05) is 60.7 Å². The van der Waals surface area contributed by atoms with Crippen LogP contribution in [-0.2, 0) is 11.3 Å². The van der Waals surface area contributed by atoms with Crippen LogP contribution in [0.2, 0.25) is 0 Å². The van der Waals surface area contributed by atoms with Gasteiger partial charge in [-0.05, 0) is 22.6 Å². The Morgan fingerprint density at radius 2 is 1.55 bits per heavy atom. The summed E-state index contributed by atoms with van der Waals surface area (Å²) < 4.78 is 0. The molecule has 4 aromatic rings. The van der Waals surface area contributed by atoms with Crippen LogP contribution < -0.4 is 5.32 Å². The summed E-state index contributed by atoms with van der Waals surface area (Å²) in [6, 6.07) is 22.3. The third-order valence-corrected chi connectivity index (χ3v) is 5.50. The Balaban J connectivity index is 1.49. The van der Waals surface area contributed by atoms with Gasteiger partial charge in [-0.2, -0.15) is 11.3 Å². The van der Waals surface area contributed by atoms with Gasteiger partial charge in [-0.25, -0.2) is 0 Å². The third kappa shape index (κ3) is 4.76. The van der Waals surface area contributed by atoms with Crippen LogP contribution in [0.3, 0.4) is 0 Å². The molecule has 29 heavy (non-hydrogen) atoms. The van der Waals surface area contributed by atoms with Gasteiger partial charge in [0.25, 0.3) is 0 Å². The minimum absolute atomic E-state index is 0.00960. The van der Waals surface area contributed by atoms with E-state index in [0.29, 0.717) is 13.0 Å². The van der Waals surface area contributed by atoms with E-state index in [2.05, 4.69) is 39.6 Å². The van der Waals surface area contributed by atoms with Gasteiger partial charge in [0.2, 0.25) is 5.91 Å². The molecule has 0 bridgehead atoms. The molecule has 0 aliphatic rings. The molecule has 0 unspecified atom stereocenters. The monoisotopic (exact) mass is 399 g/mol. The highest BCUT2D eigenvalue weighted by Gasteiger charge is 2.18. The summed E-state index contributed by atoms with van der Waals surface area (Å²) in [5.41, 5.74) is 4.88. The predicted octanol–water partition coefficient (Wildman–Crippen LogP) is 5.04. The fraction of sp³-hybridized carbons (Fsp3) is 0.125. The van der Waals surface area contributed by atoms with Crippen molar-refractivity contribution in [3.05, 3.63) is 107 Å². The quantitative estimate of drug-likeness (QED) is 0.473. The number of amides is 1. The normalized spacial score (nSPS) is 10.8. The van der Waals surface area contributed by atoms with Crippen molar-refractivity contribution >= 4 is 17.2 Å². The topological polar surface area (TPSA) is 54.9 Å². The molecule has 0 saturated heterocycles. The zero-order valence-electron chi connectivity index (χ0n) is 15.9. The van der Waals surface area contributed by atoms with Crippen LogP contribution in [0.25, 0.3) is 11.3 Å². The van der Waals surface area contributed by atoms with E-state index in [1.54, 1.807) is 23.7 Å². The van der Waals surface area contributed by atoms with Gasteiger partial charge in [-0.15, -0.1) is 0 Å².